The van der Waals surface area contributed by atoms with Gasteiger partial charge in [0, 0.05) is 19.3 Å². The van der Waals surface area contributed by atoms with Crippen LogP contribution in [0.5, 0.6) is 0 Å². The van der Waals surface area contributed by atoms with Crippen LogP contribution in [0, 0.1) is 5.41 Å². The monoisotopic (exact) mass is 285 g/mol. The summed E-state index contributed by atoms with van der Waals surface area (Å²) in [6.07, 6.45) is 3.00. The minimum atomic E-state index is -0.618. The molecule has 1 N–H and O–H groups in total. The lowest BCUT2D eigenvalue weighted by Gasteiger charge is -2.41. The molecule has 1 aliphatic heterocycles. The zero-order valence-electron chi connectivity index (χ0n) is 12.2. The molecule has 1 aliphatic carbocycles. The summed E-state index contributed by atoms with van der Waals surface area (Å²) in [7, 11) is 0. The molecule has 1 saturated heterocycles. The predicted molar refractivity (Wildman–Crippen MR) is 71.7 cm³/mol. The first-order chi connectivity index (χ1) is 9.56. The minimum Gasteiger partial charge on any atom is -0.466 e. The van der Waals surface area contributed by atoms with E-state index in [0.717, 1.165) is 0 Å². The largest absolute Gasteiger partial charge is 0.466 e. The maximum Gasteiger partial charge on any atom is 0.312 e. The predicted octanol–water partition coefficient (Wildman–Crippen LogP) is 2.09. The van der Waals surface area contributed by atoms with Crippen LogP contribution in [0.2, 0.25) is 0 Å². The average molecular weight is 285 g/mol. The summed E-state index contributed by atoms with van der Waals surface area (Å²) < 4.78 is 16.6. The van der Waals surface area contributed by atoms with Crippen LogP contribution in [0.3, 0.4) is 0 Å². The summed E-state index contributed by atoms with van der Waals surface area (Å²) in [5.74, 6) is -0.726. The van der Waals surface area contributed by atoms with Gasteiger partial charge in [-0.3, -0.25) is 4.79 Å². The molecule has 6 heteroatoms. The van der Waals surface area contributed by atoms with Gasteiger partial charge < -0.3 is 19.4 Å². The van der Waals surface area contributed by atoms with Crippen molar-refractivity contribution in [2.45, 2.75) is 51.7 Å². The first-order valence-corrected chi connectivity index (χ1v) is 7.18. The molecule has 0 atom stereocenters. The lowest BCUT2D eigenvalue weighted by molar-refractivity contribution is -0.198. The van der Waals surface area contributed by atoms with E-state index in [4.69, 9.17) is 19.4 Å². The smallest absolute Gasteiger partial charge is 0.312 e. The van der Waals surface area contributed by atoms with Crippen molar-refractivity contribution in [2.75, 3.05) is 19.8 Å². The number of ether oxygens (including phenoxy) is 3. The third-order valence-corrected chi connectivity index (χ3v) is 4.26. The highest BCUT2D eigenvalue weighted by Crippen LogP contribution is 2.47. The number of hydrogen-bond acceptors (Lipinski definition) is 6. The van der Waals surface area contributed by atoms with Gasteiger partial charge in [0.25, 0.3) is 0 Å². The summed E-state index contributed by atoms with van der Waals surface area (Å²) in [6.45, 7) is 5.10. The molecule has 1 saturated carbocycles. The molecule has 20 heavy (non-hydrogen) atoms. The lowest BCUT2D eigenvalue weighted by Crippen LogP contribution is -2.45. The van der Waals surface area contributed by atoms with Gasteiger partial charge in [-0.2, -0.15) is 0 Å². The highest BCUT2D eigenvalue weighted by atomic mass is 16.7. The Kier molecular flexibility index (Phi) is 4.65. The first kappa shape index (κ1) is 15.3. The molecule has 0 amide bonds. The Bertz CT molecular complexity index is 377. The van der Waals surface area contributed by atoms with Crippen molar-refractivity contribution in [3.8, 4) is 0 Å². The number of oxime groups is 1. The summed E-state index contributed by atoms with van der Waals surface area (Å²) in [4.78, 5) is 12.3. The van der Waals surface area contributed by atoms with Crippen LogP contribution in [0.25, 0.3) is 0 Å². The van der Waals surface area contributed by atoms with Crippen molar-refractivity contribution >= 4 is 11.7 Å². The maximum absolute atomic E-state index is 12.3. The summed E-state index contributed by atoms with van der Waals surface area (Å²) in [5, 5.41) is 12.1. The number of esters is 1. The number of carbonyl (C=O) groups excluding carboxylic acids is 1. The normalized spacial score (nSPS) is 24.8. The van der Waals surface area contributed by atoms with Gasteiger partial charge in [-0.05, 0) is 26.7 Å². The highest BCUT2D eigenvalue weighted by molar-refractivity contribution is 5.88. The molecule has 0 unspecified atom stereocenters. The third-order valence-electron chi connectivity index (χ3n) is 4.26. The molecule has 0 aromatic heterocycles. The van der Waals surface area contributed by atoms with Crippen LogP contribution in [-0.4, -0.2) is 42.5 Å². The van der Waals surface area contributed by atoms with Gasteiger partial charge in [-0.1, -0.05) is 5.16 Å². The number of carbonyl (C=O) groups is 1. The molecule has 0 bridgehead atoms. The van der Waals surface area contributed by atoms with E-state index < -0.39 is 11.2 Å². The van der Waals surface area contributed by atoms with Crippen LogP contribution < -0.4 is 0 Å². The van der Waals surface area contributed by atoms with Gasteiger partial charge in [0.1, 0.15) is 0 Å². The van der Waals surface area contributed by atoms with Crippen LogP contribution in [0.15, 0.2) is 5.16 Å². The molecule has 0 aromatic carbocycles. The van der Waals surface area contributed by atoms with Crippen molar-refractivity contribution in [1.29, 1.82) is 0 Å². The third kappa shape index (κ3) is 2.96. The number of nitrogens with zero attached hydrogens (tertiary/aromatic N) is 1. The second kappa shape index (κ2) is 6.10. The second-order valence-corrected chi connectivity index (χ2v) is 5.62. The molecule has 2 rings (SSSR count). The molecular weight excluding hydrogens is 262 g/mol. The van der Waals surface area contributed by atoms with Crippen molar-refractivity contribution < 1.29 is 24.2 Å². The van der Waals surface area contributed by atoms with E-state index in [1.165, 1.54) is 0 Å². The summed E-state index contributed by atoms with van der Waals surface area (Å²) >= 11 is 0. The van der Waals surface area contributed by atoms with E-state index in [-0.39, 0.29) is 5.97 Å². The molecule has 1 spiro atoms. The average Bonchev–Trinajstić information content (AvgIpc) is 2.90. The van der Waals surface area contributed by atoms with E-state index >= 15 is 0 Å². The number of rotatable bonds is 4. The molecular formula is C14H23NO5. The maximum atomic E-state index is 12.3. The fourth-order valence-electron chi connectivity index (χ4n) is 3.16. The van der Waals surface area contributed by atoms with Crippen LogP contribution in [0.4, 0.5) is 0 Å². The quantitative estimate of drug-likeness (QED) is 0.370. The fraction of sp³-hybridized carbons (Fsp3) is 0.857. The Hall–Kier alpha value is -1.14. The minimum absolute atomic E-state index is 0.212. The topological polar surface area (TPSA) is 77.4 Å². The molecule has 0 radical (unpaired) electrons. The van der Waals surface area contributed by atoms with Gasteiger partial charge >= 0.3 is 5.97 Å². The van der Waals surface area contributed by atoms with Crippen LogP contribution >= 0.6 is 0 Å². The summed E-state index contributed by atoms with van der Waals surface area (Å²) in [6, 6.07) is 0. The molecule has 1 heterocycles. The zero-order chi connectivity index (χ0) is 14.6. The highest BCUT2D eigenvalue weighted by Gasteiger charge is 2.50. The van der Waals surface area contributed by atoms with E-state index in [1.54, 1.807) is 13.8 Å². The SMILES string of the molecule is CCOC(=O)C1(CC(C)=NO)CCC2(CC1)OCCO2. The Labute approximate surface area is 119 Å². The second-order valence-electron chi connectivity index (χ2n) is 5.62. The lowest BCUT2D eigenvalue weighted by atomic mass is 9.69. The van der Waals surface area contributed by atoms with Crippen LogP contribution in [0.1, 0.15) is 46.0 Å². The van der Waals surface area contributed by atoms with E-state index in [2.05, 4.69) is 5.16 Å². The summed E-state index contributed by atoms with van der Waals surface area (Å²) in [5.41, 5.74) is -0.0744. The Morgan fingerprint density at radius 2 is 1.85 bits per heavy atom. The van der Waals surface area contributed by atoms with Crippen molar-refractivity contribution in [3.63, 3.8) is 0 Å². The van der Waals surface area contributed by atoms with E-state index in [1.807, 2.05) is 0 Å². The Morgan fingerprint density at radius 3 is 2.35 bits per heavy atom. The number of hydrogen-bond donors (Lipinski definition) is 1. The van der Waals surface area contributed by atoms with Gasteiger partial charge in [0.05, 0.1) is 30.9 Å². The zero-order valence-corrected chi connectivity index (χ0v) is 12.2. The van der Waals surface area contributed by atoms with Gasteiger partial charge in [0.2, 0.25) is 0 Å². The van der Waals surface area contributed by atoms with Crippen LogP contribution in [-0.2, 0) is 19.0 Å². The van der Waals surface area contributed by atoms with Gasteiger partial charge in [0.15, 0.2) is 5.79 Å². The molecule has 2 fully saturated rings. The van der Waals surface area contributed by atoms with Crippen molar-refractivity contribution in [1.82, 2.24) is 0 Å². The first-order valence-electron chi connectivity index (χ1n) is 7.18. The van der Waals surface area contributed by atoms with E-state index in [0.29, 0.717) is 57.6 Å². The molecule has 6 nitrogen and oxygen atoms in total. The standard InChI is InChI=1S/C14H23NO5/c1-3-18-12(16)13(10-11(2)15-17)4-6-14(7-5-13)19-8-9-20-14/h17H,3-10H2,1-2H3. The van der Waals surface area contributed by atoms with Crippen molar-refractivity contribution in [3.05, 3.63) is 0 Å². The Balaban J connectivity index is 2.11. The van der Waals surface area contributed by atoms with E-state index in [9.17, 15) is 4.79 Å². The van der Waals surface area contributed by atoms with Crippen molar-refractivity contribution in [2.24, 2.45) is 10.6 Å². The molecule has 0 aromatic rings. The van der Waals surface area contributed by atoms with Gasteiger partial charge in [-0.25, -0.2) is 0 Å². The fourth-order valence-corrected chi connectivity index (χ4v) is 3.16. The molecule has 114 valence electrons. The Morgan fingerprint density at radius 1 is 1.25 bits per heavy atom. The molecule has 2 aliphatic rings. The van der Waals surface area contributed by atoms with Gasteiger partial charge in [-0.15, -0.1) is 0 Å².